The Morgan fingerprint density at radius 2 is 2.00 bits per heavy atom. The molecule has 112 valence electrons. The zero-order chi connectivity index (χ0) is 15.5. The van der Waals surface area contributed by atoms with Crippen LogP contribution in [0.2, 0.25) is 5.15 Å². The van der Waals surface area contributed by atoms with Gasteiger partial charge in [0.25, 0.3) is 10.0 Å². The third-order valence-electron chi connectivity index (χ3n) is 2.50. The first-order valence-electron chi connectivity index (χ1n) is 5.99. The van der Waals surface area contributed by atoms with Crippen LogP contribution in [0.3, 0.4) is 0 Å². The largest absolute Gasteiger partial charge is 0.494 e. The number of ether oxygens (including phenoxy) is 1. The van der Waals surface area contributed by atoms with Crippen molar-refractivity contribution < 1.29 is 13.2 Å². The zero-order valence-electron chi connectivity index (χ0n) is 11.0. The van der Waals surface area contributed by atoms with Crippen molar-refractivity contribution in [3.8, 4) is 5.75 Å². The van der Waals surface area contributed by atoms with E-state index >= 15 is 0 Å². The summed E-state index contributed by atoms with van der Waals surface area (Å²) < 4.78 is 32.9. The van der Waals surface area contributed by atoms with Crippen LogP contribution >= 0.6 is 27.5 Å². The fourth-order valence-electron chi connectivity index (χ4n) is 1.58. The van der Waals surface area contributed by atoms with Crippen molar-refractivity contribution in [2.24, 2.45) is 0 Å². The molecule has 2 rings (SSSR count). The van der Waals surface area contributed by atoms with E-state index in [0.717, 1.165) is 0 Å². The number of pyridine rings is 1. The molecular weight excluding hydrogens is 380 g/mol. The van der Waals surface area contributed by atoms with Gasteiger partial charge in [-0.3, -0.25) is 4.72 Å². The molecule has 0 bridgehead atoms. The number of benzene rings is 1. The summed E-state index contributed by atoms with van der Waals surface area (Å²) in [7, 11) is -3.74. The van der Waals surface area contributed by atoms with Crippen LogP contribution in [0.15, 0.2) is 45.9 Å². The fourth-order valence-corrected chi connectivity index (χ4v) is 3.17. The molecule has 1 aromatic heterocycles. The summed E-state index contributed by atoms with van der Waals surface area (Å²) in [5.41, 5.74) is 0.208. The van der Waals surface area contributed by atoms with Gasteiger partial charge in [0.1, 0.15) is 5.75 Å². The predicted molar refractivity (Wildman–Crippen MR) is 85.4 cm³/mol. The lowest BCUT2D eigenvalue weighted by molar-refractivity contribution is 0.340. The van der Waals surface area contributed by atoms with Gasteiger partial charge in [-0.15, -0.1) is 0 Å². The molecule has 0 atom stereocenters. The second-order valence-corrected chi connectivity index (χ2v) is 6.96. The zero-order valence-corrected chi connectivity index (χ0v) is 14.2. The topological polar surface area (TPSA) is 68.3 Å². The summed E-state index contributed by atoms with van der Waals surface area (Å²) in [4.78, 5) is 3.98. The third-order valence-corrected chi connectivity index (χ3v) is 4.61. The van der Waals surface area contributed by atoms with E-state index in [4.69, 9.17) is 16.3 Å². The number of aromatic nitrogens is 1. The number of hydrogen-bond acceptors (Lipinski definition) is 4. The van der Waals surface area contributed by atoms with Crippen LogP contribution < -0.4 is 9.46 Å². The van der Waals surface area contributed by atoms with E-state index in [2.05, 4.69) is 25.6 Å². The van der Waals surface area contributed by atoms with Crippen LogP contribution in [0.1, 0.15) is 6.92 Å². The SMILES string of the molecule is CCOc1ccc(S(=O)(=O)Nc2cc(Br)cnc2Cl)cc1. The molecule has 8 heteroatoms. The molecule has 1 aromatic carbocycles. The maximum atomic E-state index is 12.3. The lowest BCUT2D eigenvalue weighted by atomic mass is 10.3. The lowest BCUT2D eigenvalue weighted by Crippen LogP contribution is -2.13. The molecule has 0 amide bonds. The van der Waals surface area contributed by atoms with Gasteiger partial charge in [0.15, 0.2) is 5.15 Å². The molecule has 0 radical (unpaired) electrons. The number of rotatable bonds is 5. The van der Waals surface area contributed by atoms with Crippen LogP contribution in [-0.2, 0) is 10.0 Å². The maximum Gasteiger partial charge on any atom is 0.261 e. The molecule has 0 fully saturated rings. The highest BCUT2D eigenvalue weighted by atomic mass is 79.9. The molecule has 0 aliphatic carbocycles. The summed E-state index contributed by atoms with van der Waals surface area (Å²) >= 11 is 9.09. The van der Waals surface area contributed by atoms with Gasteiger partial charge in [0, 0.05) is 10.7 Å². The van der Waals surface area contributed by atoms with Crippen molar-refractivity contribution in [2.75, 3.05) is 11.3 Å². The maximum absolute atomic E-state index is 12.3. The predicted octanol–water partition coefficient (Wildman–Crippen LogP) is 3.70. The van der Waals surface area contributed by atoms with Crippen molar-refractivity contribution in [3.63, 3.8) is 0 Å². The summed E-state index contributed by atoms with van der Waals surface area (Å²) in [6.07, 6.45) is 1.48. The quantitative estimate of drug-likeness (QED) is 0.789. The number of halogens is 2. The summed E-state index contributed by atoms with van der Waals surface area (Å²) in [6.45, 7) is 2.37. The molecule has 0 unspecified atom stereocenters. The molecule has 21 heavy (non-hydrogen) atoms. The average Bonchev–Trinajstić information content (AvgIpc) is 2.44. The van der Waals surface area contributed by atoms with Gasteiger partial charge in [0.05, 0.1) is 17.2 Å². The molecule has 0 saturated heterocycles. The minimum Gasteiger partial charge on any atom is -0.494 e. The fraction of sp³-hybridized carbons (Fsp3) is 0.154. The molecule has 0 saturated carbocycles. The summed E-state index contributed by atoms with van der Waals surface area (Å²) in [5.74, 6) is 0.610. The lowest BCUT2D eigenvalue weighted by Gasteiger charge is -2.10. The molecule has 5 nitrogen and oxygen atoms in total. The molecule has 0 aliphatic heterocycles. The van der Waals surface area contributed by atoms with E-state index in [1.165, 1.54) is 18.3 Å². The Labute approximate surface area is 136 Å². The molecular formula is C13H12BrClN2O3S. The van der Waals surface area contributed by atoms with Gasteiger partial charge in [-0.1, -0.05) is 11.6 Å². The molecule has 0 spiro atoms. The van der Waals surface area contributed by atoms with Gasteiger partial charge < -0.3 is 4.74 Å². The van der Waals surface area contributed by atoms with E-state index in [-0.39, 0.29) is 15.7 Å². The number of hydrogen-bond donors (Lipinski definition) is 1. The number of nitrogens with zero attached hydrogens (tertiary/aromatic N) is 1. The van der Waals surface area contributed by atoms with Gasteiger partial charge in [-0.25, -0.2) is 13.4 Å². The van der Waals surface area contributed by atoms with E-state index in [9.17, 15) is 8.42 Å². The van der Waals surface area contributed by atoms with Crippen molar-refractivity contribution in [1.82, 2.24) is 4.98 Å². The molecule has 1 N–H and O–H groups in total. The van der Waals surface area contributed by atoms with Crippen LogP contribution in [0.4, 0.5) is 5.69 Å². The third kappa shape index (κ3) is 4.09. The van der Waals surface area contributed by atoms with Gasteiger partial charge in [0.2, 0.25) is 0 Å². The smallest absolute Gasteiger partial charge is 0.261 e. The summed E-state index contributed by atoms with van der Waals surface area (Å²) in [6, 6.07) is 7.67. The Hall–Kier alpha value is -1.31. The molecule has 0 aliphatic rings. The monoisotopic (exact) mass is 390 g/mol. The van der Waals surface area contributed by atoms with Crippen LogP contribution in [0.5, 0.6) is 5.75 Å². The van der Waals surface area contributed by atoms with Crippen LogP contribution in [0, 0.1) is 0 Å². The first-order chi connectivity index (χ1) is 9.92. The highest BCUT2D eigenvalue weighted by molar-refractivity contribution is 9.10. The van der Waals surface area contributed by atoms with Gasteiger partial charge >= 0.3 is 0 Å². The first kappa shape index (κ1) is 16.1. The Balaban J connectivity index is 2.27. The normalized spacial score (nSPS) is 11.2. The van der Waals surface area contributed by atoms with Crippen molar-refractivity contribution in [3.05, 3.63) is 46.2 Å². The minimum absolute atomic E-state index is 0.0766. The average molecular weight is 392 g/mol. The number of sulfonamides is 1. The van der Waals surface area contributed by atoms with Crippen LogP contribution in [0.25, 0.3) is 0 Å². The molecule has 2 aromatic rings. The van der Waals surface area contributed by atoms with Crippen molar-refractivity contribution >= 4 is 43.2 Å². The van der Waals surface area contributed by atoms with Crippen molar-refractivity contribution in [2.45, 2.75) is 11.8 Å². The van der Waals surface area contributed by atoms with E-state index in [1.807, 2.05) is 6.92 Å². The van der Waals surface area contributed by atoms with Crippen LogP contribution in [-0.4, -0.2) is 20.0 Å². The van der Waals surface area contributed by atoms with E-state index in [0.29, 0.717) is 16.8 Å². The highest BCUT2D eigenvalue weighted by Crippen LogP contribution is 2.26. The molecule has 1 heterocycles. The van der Waals surface area contributed by atoms with Crippen molar-refractivity contribution in [1.29, 1.82) is 0 Å². The minimum atomic E-state index is -3.74. The Bertz CT molecular complexity index is 736. The number of anilines is 1. The Kier molecular flexibility index (Phi) is 5.08. The number of nitrogens with one attached hydrogen (secondary N) is 1. The van der Waals surface area contributed by atoms with E-state index in [1.54, 1.807) is 18.2 Å². The highest BCUT2D eigenvalue weighted by Gasteiger charge is 2.16. The summed E-state index contributed by atoms with van der Waals surface area (Å²) in [5, 5.41) is 0.0766. The second-order valence-electron chi connectivity index (χ2n) is 4.00. The van der Waals surface area contributed by atoms with Gasteiger partial charge in [-0.2, -0.15) is 0 Å². The first-order valence-corrected chi connectivity index (χ1v) is 8.64. The Morgan fingerprint density at radius 1 is 1.33 bits per heavy atom. The Morgan fingerprint density at radius 3 is 2.62 bits per heavy atom. The van der Waals surface area contributed by atoms with E-state index < -0.39 is 10.0 Å². The standard InChI is InChI=1S/C13H12BrClN2O3S/c1-2-20-10-3-5-11(6-4-10)21(18,19)17-12-7-9(14)8-16-13(12)15/h3-8,17H,2H2,1H3. The second kappa shape index (κ2) is 6.64. The van der Waals surface area contributed by atoms with Gasteiger partial charge in [-0.05, 0) is 53.2 Å².